The number of benzene rings is 1. The molecule has 0 spiro atoms. The lowest BCUT2D eigenvalue weighted by Gasteiger charge is -2.17. The van der Waals surface area contributed by atoms with E-state index in [1.54, 1.807) is 13.2 Å². The third-order valence-corrected chi connectivity index (χ3v) is 2.35. The normalized spacial score (nSPS) is 12.7. The van der Waals surface area contributed by atoms with Gasteiger partial charge >= 0.3 is 0 Å². The molecular weight excluding hydrogens is 193 g/mol. The Bertz CT molecular complexity index is 291. The number of methoxy groups -OCH3 is 1. The predicted molar refractivity (Wildman–Crippen MR) is 59.6 cm³/mol. The third-order valence-electron chi connectivity index (χ3n) is 2.35. The summed E-state index contributed by atoms with van der Waals surface area (Å²) in [4.78, 5) is 0. The van der Waals surface area contributed by atoms with Crippen molar-refractivity contribution in [3.63, 3.8) is 0 Å². The number of rotatable bonds is 6. The van der Waals surface area contributed by atoms with Gasteiger partial charge in [0.05, 0.1) is 6.61 Å². The van der Waals surface area contributed by atoms with E-state index in [9.17, 15) is 4.39 Å². The number of hydrogen-bond acceptors (Lipinski definition) is 2. The molecule has 0 heterocycles. The van der Waals surface area contributed by atoms with E-state index in [0.29, 0.717) is 6.61 Å². The fraction of sp³-hybridized carbons (Fsp3) is 0.500. The SMILES string of the molecule is CCNCC(COC)c1ccccc1F. The van der Waals surface area contributed by atoms with E-state index in [1.807, 2.05) is 19.1 Å². The Morgan fingerprint density at radius 3 is 2.73 bits per heavy atom. The number of hydrogen-bond donors (Lipinski definition) is 1. The van der Waals surface area contributed by atoms with E-state index in [0.717, 1.165) is 18.7 Å². The highest BCUT2D eigenvalue weighted by Crippen LogP contribution is 2.18. The molecule has 1 aromatic carbocycles. The van der Waals surface area contributed by atoms with Crippen LogP contribution in [0.3, 0.4) is 0 Å². The third kappa shape index (κ3) is 3.61. The zero-order chi connectivity index (χ0) is 11.1. The first-order valence-electron chi connectivity index (χ1n) is 5.23. The van der Waals surface area contributed by atoms with Crippen LogP contribution in [-0.4, -0.2) is 26.8 Å². The van der Waals surface area contributed by atoms with Crippen LogP contribution in [0.2, 0.25) is 0 Å². The van der Waals surface area contributed by atoms with Crippen molar-refractivity contribution in [2.45, 2.75) is 12.8 Å². The molecule has 0 aliphatic carbocycles. The molecule has 1 atom stereocenters. The van der Waals surface area contributed by atoms with E-state index in [-0.39, 0.29) is 11.7 Å². The van der Waals surface area contributed by atoms with Gasteiger partial charge < -0.3 is 10.1 Å². The van der Waals surface area contributed by atoms with E-state index < -0.39 is 0 Å². The van der Waals surface area contributed by atoms with Crippen molar-refractivity contribution in [2.24, 2.45) is 0 Å². The molecule has 0 saturated carbocycles. The van der Waals surface area contributed by atoms with Gasteiger partial charge in [0.1, 0.15) is 5.82 Å². The Hall–Kier alpha value is -0.930. The lowest BCUT2D eigenvalue weighted by atomic mass is 9.99. The van der Waals surface area contributed by atoms with Crippen LogP contribution in [0, 0.1) is 5.82 Å². The van der Waals surface area contributed by atoms with Crippen molar-refractivity contribution >= 4 is 0 Å². The van der Waals surface area contributed by atoms with Gasteiger partial charge in [0.2, 0.25) is 0 Å². The zero-order valence-electron chi connectivity index (χ0n) is 9.29. The summed E-state index contributed by atoms with van der Waals surface area (Å²) in [5.74, 6) is -0.0754. The average Bonchev–Trinajstić information content (AvgIpc) is 2.25. The second kappa shape index (κ2) is 6.53. The molecule has 0 aliphatic rings. The molecule has 0 aliphatic heterocycles. The van der Waals surface area contributed by atoms with Crippen LogP contribution in [0.5, 0.6) is 0 Å². The molecule has 2 nitrogen and oxygen atoms in total. The van der Waals surface area contributed by atoms with Gasteiger partial charge in [-0.3, -0.25) is 0 Å². The van der Waals surface area contributed by atoms with E-state index in [4.69, 9.17) is 4.74 Å². The molecule has 0 amide bonds. The Morgan fingerprint density at radius 1 is 1.40 bits per heavy atom. The molecule has 1 unspecified atom stereocenters. The molecule has 0 fully saturated rings. The van der Waals surface area contributed by atoms with Crippen LogP contribution in [0.4, 0.5) is 4.39 Å². The average molecular weight is 211 g/mol. The minimum Gasteiger partial charge on any atom is -0.384 e. The highest BCUT2D eigenvalue weighted by molar-refractivity contribution is 5.22. The molecule has 0 saturated heterocycles. The lowest BCUT2D eigenvalue weighted by Crippen LogP contribution is -2.24. The molecule has 84 valence electrons. The summed E-state index contributed by atoms with van der Waals surface area (Å²) in [5, 5.41) is 3.21. The molecule has 0 radical (unpaired) electrons. The molecule has 0 aromatic heterocycles. The standard InChI is InChI=1S/C12H18FNO/c1-3-14-8-10(9-15-2)11-6-4-5-7-12(11)13/h4-7,10,14H,3,8-9H2,1-2H3. The first-order chi connectivity index (χ1) is 7.29. The van der Waals surface area contributed by atoms with Crippen molar-refractivity contribution in [3.05, 3.63) is 35.6 Å². The fourth-order valence-corrected chi connectivity index (χ4v) is 1.58. The summed E-state index contributed by atoms with van der Waals surface area (Å²) >= 11 is 0. The van der Waals surface area contributed by atoms with Crippen molar-refractivity contribution in [2.75, 3.05) is 26.8 Å². The maximum absolute atomic E-state index is 13.5. The maximum atomic E-state index is 13.5. The van der Waals surface area contributed by atoms with Crippen LogP contribution < -0.4 is 5.32 Å². The van der Waals surface area contributed by atoms with Gasteiger partial charge in [0.25, 0.3) is 0 Å². The summed E-state index contributed by atoms with van der Waals surface area (Å²) < 4.78 is 18.6. The van der Waals surface area contributed by atoms with E-state index >= 15 is 0 Å². The van der Waals surface area contributed by atoms with Gasteiger partial charge in [-0.15, -0.1) is 0 Å². The number of ether oxygens (including phenoxy) is 1. The van der Waals surface area contributed by atoms with E-state index in [1.165, 1.54) is 6.07 Å². The second-order valence-corrected chi connectivity index (χ2v) is 3.48. The van der Waals surface area contributed by atoms with Gasteiger partial charge in [-0.25, -0.2) is 4.39 Å². The lowest BCUT2D eigenvalue weighted by molar-refractivity contribution is 0.176. The van der Waals surface area contributed by atoms with Crippen LogP contribution >= 0.6 is 0 Å². The number of nitrogens with one attached hydrogen (secondary N) is 1. The molecular formula is C12H18FNO. The maximum Gasteiger partial charge on any atom is 0.126 e. The quantitative estimate of drug-likeness (QED) is 0.778. The summed E-state index contributed by atoms with van der Waals surface area (Å²) in [6, 6.07) is 6.86. The minimum atomic E-state index is -0.155. The molecule has 3 heteroatoms. The second-order valence-electron chi connectivity index (χ2n) is 3.48. The fourth-order valence-electron chi connectivity index (χ4n) is 1.58. The van der Waals surface area contributed by atoms with Crippen molar-refractivity contribution in [3.8, 4) is 0 Å². The molecule has 1 aromatic rings. The minimum absolute atomic E-state index is 0.0798. The summed E-state index contributed by atoms with van der Waals surface area (Å²) in [7, 11) is 1.64. The van der Waals surface area contributed by atoms with Gasteiger partial charge in [-0.1, -0.05) is 25.1 Å². The van der Waals surface area contributed by atoms with Crippen LogP contribution in [-0.2, 0) is 4.74 Å². The topological polar surface area (TPSA) is 21.3 Å². The highest BCUT2D eigenvalue weighted by Gasteiger charge is 2.14. The van der Waals surface area contributed by atoms with Gasteiger partial charge in [-0.2, -0.15) is 0 Å². The highest BCUT2D eigenvalue weighted by atomic mass is 19.1. The smallest absolute Gasteiger partial charge is 0.126 e. The Kier molecular flexibility index (Phi) is 5.29. The van der Waals surface area contributed by atoms with Gasteiger partial charge in [-0.05, 0) is 18.2 Å². The predicted octanol–water partition coefficient (Wildman–Crippen LogP) is 2.17. The summed E-state index contributed by atoms with van der Waals surface area (Å²) in [5.41, 5.74) is 0.723. The Balaban J connectivity index is 2.74. The monoisotopic (exact) mass is 211 g/mol. The van der Waals surface area contributed by atoms with Crippen LogP contribution in [0.1, 0.15) is 18.4 Å². The number of likely N-dealkylation sites (N-methyl/N-ethyl adjacent to an activating group) is 1. The van der Waals surface area contributed by atoms with Crippen LogP contribution in [0.25, 0.3) is 0 Å². The Morgan fingerprint density at radius 2 is 2.13 bits per heavy atom. The van der Waals surface area contributed by atoms with Gasteiger partial charge in [0, 0.05) is 19.6 Å². The zero-order valence-corrected chi connectivity index (χ0v) is 9.29. The molecule has 1 N–H and O–H groups in total. The first kappa shape index (κ1) is 12.1. The van der Waals surface area contributed by atoms with Crippen molar-refractivity contribution < 1.29 is 9.13 Å². The van der Waals surface area contributed by atoms with Crippen LogP contribution in [0.15, 0.2) is 24.3 Å². The number of halogens is 1. The van der Waals surface area contributed by atoms with Gasteiger partial charge in [0.15, 0.2) is 0 Å². The molecule has 15 heavy (non-hydrogen) atoms. The molecule has 1 rings (SSSR count). The molecule has 0 bridgehead atoms. The van der Waals surface area contributed by atoms with Crippen molar-refractivity contribution in [1.29, 1.82) is 0 Å². The summed E-state index contributed by atoms with van der Waals surface area (Å²) in [6.45, 7) is 4.19. The largest absolute Gasteiger partial charge is 0.384 e. The van der Waals surface area contributed by atoms with Crippen molar-refractivity contribution in [1.82, 2.24) is 5.32 Å². The Labute approximate surface area is 90.4 Å². The van der Waals surface area contributed by atoms with E-state index in [2.05, 4.69) is 5.32 Å². The summed E-state index contributed by atoms with van der Waals surface area (Å²) in [6.07, 6.45) is 0. The first-order valence-corrected chi connectivity index (χ1v) is 5.23.